The first-order valence-electron chi connectivity index (χ1n) is 12.7. The van der Waals surface area contributed by atoms with Gasteiger partial charge in [-0.2, -0.15) is 0 Å². The van der Waals surface area contributed by atoms with Crippen molar-refractivity contribution in [1.29, 1.82) is 0 Å². The van der Waals surface area contributed by atoms with Gasteiger partial charge in [-0.1, -0.05) is 23.7 Å². The van der Waals surface area contributed by atoms with Crippen molar-refractivity contribution in [3.05, 3.63) is 70.1 Å². The molecule has 2 aromatic carbocycles. The molecule has 0 spiro atoms. The van der Waals surface area contributed by atoms with Gasteiger partial charge in [0.05, 0.1) is 21.7 Å². The lowest BCUT2D eigenvalue weighted by molar-refractivity contribution is -0.126. The Labute approximate surface area is 220 Å². The van der Waals surface area contributed by atoms with Crippen LogP contribution in [-0.4, -0.2) is 71.2 Å². The first-order valence-corrected chi connectivity index (χ1v) is 13.1. The number of Topliss-reactive ketones (excluding diaryl/α,β-unsaturated/α-hetero) is 1. The summed E-state index contributed by atoms with van der Waals surface area (Å²) in [6, 6.07) is 9.93. The van der Waals surface area contributed by atoms with Crippen LogP contribution in [0.4, 0.5) is 4.39 Å². The van der Waals surface area contributed by atoms with Crippen LogP contribution in [0.2, 0.25) is 5.02 Å². The van der Waals surface area contributed by atoms with Crippen LogP contribution in [-0.2, 0) is 18.3 Å². The molecule has 5 rings (SSSR count). The molecule has 0 bridgehead atoms. The zero-order valence-corrected chi connectivity index (χ0v) is 21.6. The number of likely N-dealkylation sites (tertiary alicyclic amines) is 1. The van der Waals surface area contributed by atoms with Gasteiger partial charge in [0.2, 0.25) is 0 Å². The van der Waals surface area contributed by atoms with Gasteiger partial charge in [-0.3, -0.25) is 14.4 Å². The Hall–Kier alpha value is -3.23. The van der Waals surface area contributed by atoms with E-state index in [-0.39, 0.29) is 17.3 Å². The fourth-order valence-corrected chi connectivity index (χ4v) is 5.58. The van der Waals surface area contributed by atoms with Gasteiger partial charge in [-0.15, -0.1) is 0 Å². The molecule has 7 nitrogen and oxygen atoms in total. The Morgan fingerprint density at radius 1 is 0.973 bits per heavy atom. The molecule has 2 fully saturated rings. The highest BCUT2D eigenvalue weighted by Crippen LogP contribution is 2.31. The Morgan fingerprint density at radius 3 is 2.32 bits per heavy atom. The average molecular weight is 525 g/mol. The van der Waals surface area contributed by atoms with Gasteiger partial charge in [0, 0.05) is 57.9 Å². The van der Waals surface area contributed by atoms with Crippen molar-refractivity contribution < 1.29 is 18.8 Å². The van der Waals surface area contributed by atoms with E-state index >= 15 is 0 Å². The third-order valence-corrected chi connectivity index (χ3v) is 7.80. The Kier molecular flexibility index (Phi) is 7.31. The minimum absolute atomic E-state index is 0.178. The second-order valence-electron chi connectivity index (χ2n) is 9.94. The maximum Gasteiger partial charge on any atom is 0.295 e. The smallest absolute Gasteiger partial charge is 0.295 e. The molecule has 0 atom stereocenters. The van der Waals surface area contributed by atoms with E-state index < -0.39 is 11.7 Å². The van der Waals surface area contributed by atoms with Gasteiger partial charge in [-0.05, 0) is 55.0 Å². The van der Waals surface area contributed by atoms with Crippen LogP contribution in [0.25, 0.3) is 10.9 Å². The summed E-state index contributed by atoms with van der Waals surface area (Å²) in [6.45, 7) is 3.49. The van der Waals surface area contributed by atoms with E-state index in [2.05, 4.69) is 5.32 Å². The molecule has 194 valence electrons. The van der Waals surface area contributed by atoms with Crippen molar-refractivity contribution in [2.24, 2.45) is 13.0 Å². The predicted octanol–water partition coefficient (Wildman–Crippen LogP) is 3.68. The van der Waals surface area contributed by atoms with Gasteiger partial charge >= 0.3 is 0 Å². The number of fused-ring (bicyclic) bond motifs is 1. The van der Waals surface area contributed by atoms with Gasteiger partial charge in [-0.25, -0.2) is 4.39 Å². The van der Waals surface area contributed by atoms with Crippen molar-refractivity contribution in [3.63, 3.8) is 0 Å². The molecule has 2 aliphatic rings. The van der Waals surface area contributed by atoms with Gasteiger partial charge in [0.1, 0.15) is 5.82 Å². The zero-order chi connectivity index (χ0) is 26.1. The number of halogens is 2. The first kappa shape index (κ1) is 25.4. The van der Waals surface area contributed by atoms with E-state index in [9.17, 15) is 18.8 Å². The number of benzene rings is 2. The number of hydrogen-bond donors (Lipinski definition) is 1. The molecule has 1 aromatic heterocycles. The number of aryl methyl sites for hydroxylation is 1. The summed E-state index contributed by atoms with van der Waals surface area (Å²) < 4.78 is 15.0. The lowest BCUT2D eigenvalue weighted by Crippen LogP contribution is -2.48. The predicted molar refractivity (Wildman–Crippen MR) is 140 cm³/mol. The largest absolute Gasteiger partial charge is 0.350 e. The van der Waals surface area contributed by atoms with Crippen molar-refractivity contribution in [2.45, 2.75) is 19.3 Å². The molecule has 1 N–H and O–H groups in total. The fourth-order valence-electron chi connectivity index (χ4n) is 5.34. The molecule has 3 aromatic rings. The molecule has 2 aliphatic heterocycles. The van der Waals surface area contributed by atoms with E-state index in [1.54, 1.807) is 39.7 Å². The molecule has 0 aliphatic carbocycles. The molecular weight excluding hydrogens is 495 g/mol. The molecule has 37 heavy (non-hydrogen) atoms. The average Bonchev–Trinajstić information content (AvgIpc) is 3.24. The van der Waals surface area contributed by atoms with Crippen molar-refractivity contribution in [1.82, 2.24) is 19.7 Å². The number of ketones is 1. The number of carbonyl (C=O) groups excluding carboxylic acids is 3. The molecule has 2 saturated heterocycles. The van der Waals surface area contributed by atoms with Crippen LogP contribution < -0.4 is 5.32 Å². The van der Waals surface area contributed by atoms with Gasteiger partial charge in [0.25, 0.3) is 17.6 Å². The highest BCUT2D eigenvalue weighted by atomic mass is 35.5. The highest BCUT2D eigenvalue weighted by molar-refractivity contribution is 6.45. The van der Waals surface area contributed by atoms with Crippen molar-refractivity contribution >= 4 is 40.1 Å². The third-order valence-electron chi connectivity index (χ3n) is 7.49. The molecule has 0 unspecified atom stereocenters. The Morgan fingerprint density at radius 2 is 1.65 bits per heavy atom. The Bertz CT molecular complexity index is 1340. The highest BCUT2D eigenvalue weighted by Gasteiger charge is 2.29. The zero-order valence-electron chi connectivity index (χ0n) is 20.8. The van der Waals surface area contributed by atoms with E-state index in [1.807, 2.05) is 12.1 Å². The lowest BCUT2D eigenvalue weighted by Gasteiger charge is -2.32. The monoisotopic (exact) mass is 524 g/mol. The summed E-state index contributed by atoms with van der Waals surface area (Å²) in [5.41, 5.74) is 2.40. The maximum atomic E-state index is 13.5. The summed E-state index contributed by atoms with van der Waals surface area (Å²) in [5.74, 6) is -1.10. The number of carbonyl (C=O) groups is 3. The van der Waals surface area contributed by atoms with E-state index in [1.165, 1.54) is 12.1 Å². The second-order valence-corrected chi connectivity index (χ2v) is 10.3. The van der Waals surface area contributed by atoms with Crippen LogP contribution in [0.5, 0.6) is 0 Å². The summed E-state index contributed by atoms with van der Waals surface area (Å²) >= 11 is 6.55. The van der Waals surface area contributed by atoms with Crippen molar-refractivity contribution in [3.8, 4) is 0 Å². The summed E-state index contributed by atoms with van der Waals surface area (Å²) in [5, 5.41) is 4.05. The fraction of sp³-hybridized carbons (Fsp3) is 0.393. The van der Waals surface area contributed by atoms with E-state index in [4.69, 9.17) is 11.6 Å². The topological polar surface area (TPSA) is 74.6 Å². The number of nitrogens with one attached hydrogen (secondary N) is 1. The normalized spacial score (nSPS) is 16.8. The molecule has 0 saturated carbocycles. The molecule has 3 heterocycles. The molecule has 0 radical (unpaired) electrons. The lowest BCUT2D eigenvalue weighted by atomic mass is 9.90. The second kappa shape index (κ2) is 10.6. The first-order chi connectivity index (χ1) is 17.8. The number of nitrogens with zero attached hydrogens (tertiary/aromatic N) is 3. The van der Waals surface area contributed by atoms with Gasteiger partial charge < -0.3 is 19.7 Å². The van der Waals surface area contributed by atoms with E-state index in [0.29, 0.717) is 66.7 Å². The Balaban J connectivity index is 1.33. The van der Waals surface area contributed by atoms with Crippen LogP contribution in [0.3, 0.4) is 0 Å². The van der Waals surface area contributed by atoms with Crippen LogP contribution in [0.1, 0.15) is 39.1 Å². The minimum atomic E-state index is -0.574. The molecular formula is C28H30ClFN4O3. The van der Waals surface area contributed by atoms with Crippen LogP contribution in [0, 0.1) is 11.7 Å². The molecule has 9 heteroatoms. The van der Waals surface area contributed by atoms with E-state index in [0.717, 1.165) is 24.8 Å². The summed E-state index contributed by atoms with van der Waals surface area (Å²) in [6.07, 6.45) is 4.18. The van der Waals surface area contributed by atoms with Gasteiger partial charge in [0.15, 0.2) is 0 Å². The quantitative estimate of drug-likeness (QED) is 0.408. The number of rotatable bonds is 5. The third kappa shape index (κ3) is 5.26. The van der Waals surface area contributed by atoms with Crippen LogP contribution >= 0.6 is 11.6 Å². The number of amides is 2. The van der Waals surface area contributed by atoms with Crippen molar-refractivity contribution in [2.75, 3.05) is 39.3 Å². The summed E-state index contributed by atoms with van der Waals surface area (Å²) in [4.78, 5) is 42.9. The number of hydrogen-bond acceptors (Lipinski definition) is 4. The summed E-state index contributed by atoms with van der Waals surface area (Å²) in [7, 11) is 1.79. The number of piperazine rings is 1. The minimum Gasteiger partial charge on any atom is -0.350 e. The number of piperidine rings is 1. The standard InChI is InChI=1S/C28H30ClFN4O3/c1-32-17-23(26(35)28(37)34-12-8-31-9-13-34)21-15-22(24(29)16-25(21)32)27(36)33-10-6-19(7-11-33)14-18-2-4-20(30)5-3-18/h2-5,15-17,19,31H,6-14H2,1H3. The molecule has 2 amide bonds. The SMILES string of the molecule is Cn1cc(C(=O)C(=O)N2CCNCC2)c2cc(C(=O)N3CCC(Cc4ccc(F)cc4)CC3)c(Cl)cc21. The van der Waals surface area contributed by atoms with Crippen LogP contribution in [0.15, 0.2) is 42.6 Å². The maximum absolute atomic E-state index is 13.5. The number of aromatic nitrogens is 1.